The van der Waals surface area contributed by atoms with E-state index in [4.69, 9.17) is 11.6 Å². The van der Waals surface area contributed by atoms with Gasteiger partial charge in [-0.2, -0.15) is 0 Å². The summed E-state index contributed by atoms with van der Waals surface area (Å²) in [6, 6.07) is 1.27. The second-order valence-corrected chi connectivity index (χ2v) is 3.90. The van der Waals surface area contributed by atoms with Crippen LogP contribution in [0.4, 0.5) is 13.2 Å². The zero-order valence-electron chi connectivity index (χ0n) is 7.82. The van der Waals surface area contributed by atoms with Crippen molar-refractivity contribution in [2.45, 2.75) is 19.2 Å². The smallest absolute Gasteiger partial charge is 0.133 e. The van der Waals surface area contributed by atoms with Crippen molar-refractivity contribution in [3.8, 4) is 0 Å². The number of rotatable bonds is 2. The van der Waals surface area contributed by atoms with Gasteiger partial charge in [0.25, 0.3) is 0 Å². The van der Waals surface area contributed by atoms with E-state index in [1.165, 1.54) is 0 Å². The summed E-state index contributed by atoms with van der Waals surface area (Å²) in [6.07, 6.45) is 0. The van der Waals surface area contributed by atoms with Crippen molar-refractivity contribution in [2.75, 3.05) is 0 Å². The molecule has 0 saturated heterocycles. The quantitative estimate of drug-likeness (QED) is 0.663. The molecule has 0 saturated carbocycles. The average Bonchev–Trinajstić information content (AvgIpc) is 2.01. The summed E-state index contributed by atoms with van der Waals surface area (Å²) in [7, 11) is 0. The van der Waals surface area contributed by atoms with Crippen LogP contribution < -0.4 is 0 Å². The van der Waals surface area contributed by atoms with Crippen LogP contribution in [-0.2, 0) is 0 Å². The maximum atomic E-state index is 13.2. The van der Waals surface area contributed by atoms with Gasteiger partial charge < -0.3 is 0 Å². The van der Waals surface area contributed by atoms with Crippen LogP contribution in [0.5, 0.6) is 0 Å². The first-order valence-corrected chi connectivity index (χ1v) is 4.65. The van der Waals surface area contributed by atoms with E-state index in [9.17, 15) is 13.2 Å². The molecule has 0 bridgehead atoms. The fourth-order valence-corrected chi connectivity index (χ4v) is 1.36. The van der Waals surface area contributed by atoms with E-state index in [0.29, 0.717) is 12.1 Å². The van der Waals surface area contributed by atoms with Gasteiger partial charge in [0.2, 0.25) is 0 Å². The molecule has 0 fully saturated rings. The Labute approximate surface area is 85.7 Å². The first kappa shape index (κ1) is 11.4. The number of halogens is 4. The molecule has 0 aromatic heterocycles. The Bertz CT molecular complexity index is 313. The molecule has 1 rings (SSSR count). The van der Waals surface area contributed by atoms with Gasteiger partial charge in [-0.15, -0.1) is 11.6 Å². The van der Waals surface area contributed by atoms with Crippen LogP contribution in [0.2, 0.25) is 0 Å². The van der Waals surface area contributed by atoms with Crippen molar-refractivity contribution < 1.29 is 13.2 Å². The summed E-state index contributed by atoms with van der Waals surface area (Å²) >= 11 is 5.80. The van der Waals surface area contributed by atoms with Crippen LogP contribution >= 0.6 is 11.6 Å². The SMILES string of the molecule is CC(C)C(Cl)c1c(F)cc(F)cc1F. The second kappa shape index (κ2) is 4.22. The molecular formula is C10H10ClF3. The number of hydrogen-bond donors (Lipinski definition) is 0. The van der Waals surface area contributed by atoms with Gasteiger partial charge in [-0.05, 0) is 5.92 Å². The summed E-state index contributed by atoms with van der Waals surface area (Å²) in [6.45, 7) is 3.47. The molecule has 14 heavy (non-hydrogen) atoms. The number of alkyl halides is 1. The van der Waals surface area contributed by atoms with Crippen molar-refractivity contribution in [3.63, 3.8) is 0 Å². The van der Waals surface area contributed by atoms with Crippen LogP contribution in [0.3, 0.4) is 0 Å². The highest BCUT2D eigenvalue weighted by molar-refractivity contribution is 6.21. The van der Waals surface area contributed by atoms with Gasteiger partial charge in [0.15, 0.2) is 0 Å². The van der Waals surface area contributed by atoms with Crippen molar-refractivity contribution >= 4 is 11.6 Å². The Morgan fingerprint density at radius 3 is 1.86 bits per heavy atom. The Balaban J connectivity index is 3.20. The van der Waals surface area contributed by atoms with Crippen molar-refractivity contribution in [2.24, 2.45) is 5.92 Å². The van der Waals surface area contributed by atoms with Gasteiger partial charge in [-0.1, -0.05) is 13.8 Å². The van der Waals surface area contributed by atoms with Crippen LogP contribution in [0.15, 0.2) is 12.1 Å². The third-order valence-electron chi connectivity index (χ3n) is 1.90. The molecule has 0 radical (unpaired) electrons. The van der Waals surface area contributed by atoms with Crippen LogP contribution in [0.25, 0.3) is 0 Å². The predicted molar refractivity (Wildman–Crippen MR) is 49.7 cm³/mol. The molecular weight excluding hydrogens is 213 g/mol. The first-order valence-electron chi connectivity index (χ1n) is 4.22. The Hall–Kier alpha value is -0.700. The Kier molecular flexibility index (Phi) is 3.43. The lowest BCUT2D eigenvalue weighted by atomic mass is 10.0. The molecule has 1 aromatic rings. The minimum absolute atomic E-state index is 0.119. The minimum atomic E-state index is -0.934. The van der Waals surface area contributed by atoms with Crippen molar-refractivity contribution in [3.05, 3.63) is 35.1 Å². The van der Waals surface area contributed by atoms with Crippen LogP contribution in [-0.4, -0.2) is 0 Å². The highest BCUT2D eigenvalue weighted by Gasteiger charge is 2.21. The Morgan fingerprint density at radius 1 is 1.07 bits per heavy atom. The third kappa shape index (κ3) is 2.21. The maximum absolute atomic E-state index is 13.2. The lowest BCUT2D eigenvalue weighted by Crippen LogP contribution is -2.06. The standard InChI is InChI=1S/C10H10ClF3/c1-5(2)10(11)9-7(13)3-6(12)4-8(9)14/h3-5,10H,1-2H3. The lowest BCUT2D eigenvalue weighted by Gasteiger charge is -2.15. The highest BCUT2D eigenvalue weighted by atomic mass is 35.5. The van der Waals surface area contributed by atoms with Gasteiger partial charge >= 0.3 is 0 Å². The zero-order valence-corrected chi connectivity index (χ0v) is 8.58. The highest BCUT2D eigenvalue weighted by Crippen LogP contribution is 2.32. The molecule has 0 N–H and O–H groups in total. The molecule has 1 unspecified atom stereocenters. The van der Waals surface area contributed by atoms with E-state index < -0.39 is 22.8 Å². The maximum Gasteiger partial charge on any atom is 0.133 e. The molecule has 0 nitrogen and oxygen atoms in total. The van der Waals surface area contributed by atoms with E-state index >= 15 is 0 Å². The van der Waals surface area contributed by atoms with E-state index in [2.05, 4.69) is 0 Å². The molecule has 0 aliphatic heterocycles. The summed E-state index contributed by atoms with van der Waals surface area (Å²) in [5.41, 5.74) is -0.261. The zero-order chi connectivity index (χ0) is 10.9. The summed E-state index contributed by atoms with van der Waals surface area (Å²) in [5, 5.41) is -0.782. The molecule has 0 amide bonds. The van der Waals surface area contributed by atoms with Gasteiger partial charge in [0.05, 0.1) is 5.38 Å². The fraction of sp³-hybridized carbons (Fsp3) is 0.400. The molecule has 1 atom stereocenters. The number of hydrogen-bond acceptors (Lipinski definition) is 0. The third-order valence-corrected chi connectivity index (χ3v) is 2.63. The summed E-state index contributed by atoms with van der Waals surface area (Å²) in [4.78, 5) is 0. The van der Waals surface area contributed by atoms with E-state index in [1.54, 1.807) is 13.8 Å². The fourth-order valence-electron chi connectivity index (χ4n) is 1.15. The van der Waals surface area contributed by atoms with E-state index in [0.717, 1.165) is 0 Å². The Morgan fingerprint density at radius 2 is 1.50 bits per heavy atom. The largest absolute Gasteiger partial charge is 0.207 e. The molecule has 0 aliphatic rings. The predicted octanol–water partition coefficient (Wildman–Crippen LogP) is 4.04. The second-order valence-electron chi connectivity index (χ2n) is 3.43. The average molecular weight is 223 g/mol. The molecule has 0 spiro atoms. The van der Waals surface area contributed by atoms with Gasteiger partial charge in [-0.3, -0.25) is 0 Å². The molecule has 0 heterocycles. The van der Waals surface area contributed by atoms with Gasteiger partial charge in [-0.25, -0.2) is 13.2 Å². The first-order chi connectivity index (χ1) is 6.43. The van der Waals surface area contributed by atoms with Gasteiger partial charge in [0, 0.05) is 17.7 Å². The molecule has 1 aromatic carbocycles. The summed E-state index contributed by atoms with van der Waals surface area (Å²) < 4.78 is 38.9. The van der Waals surface area contributed by atoms with Gasteiger partial charge in [0.1, 0.15) is 17.5 Å². The van der Waals surface area contributed by atoms with Crippen LogP contribution in [0, 0.1) is 23.4 Å². The topological polar surface area (TPSA) is 0 Å². The van der Waals surface area contributed by atoms with Crippen molar-refractivity contribution in [1.29, 1.82) is 0 Å². The monoisotopic (exact) mass is 222 g/mol. The van der Waals surface area contributed by atoms with E-state index in [-0.39, 0.29) is 11.5 Å². The lowest BCUT2D eigenvalue weighted by molar-refractivity contribution is 0.496. The van der Waals surface area contributed by atoms with E-state index in [1.807, 2.05) is 0 Å². The minimum Gasteiger partial charge on any atom is -0.207 e. The number of benzene rings is 1. The molecule has 4 heteroatoms. The summed E-state index contributed by atoms with van der Waals surface area (Å²) in [5.74, 6) is -2.92. The van der Waals surface area contributed by atoms with Crippen LogP contribution in [0.1, 0.15) is 24.8 Å². The van der Waals surface area contributed by atoms with Crippen molar-refractivity contribution in [1.82, 2.24) is 0 Å². The molecule has 78 valence electrons. The molecule has 0 aliphatic carbocycles. The normalized spacial score (nSPS) is 13.4.